The van der Waals surface area contributed by atoms with Crippen LogP contribution in [-0.2, 0) is 6.42 Å². The van der Waals surface area contributed by atoms with E-state index in [0.29, 0.717) is 0 Å². The molecule has 26 heavy (non-hydrogen) atoms. The first-order valence-corrected chi connectivity index (χ1v) is 10.9. The van der Waals surface area contributed by atoms with E-state index in [1.54, 1.807) is 11.3 Å². The summed E-state index contributed by atoms with van der Waals surface area (Å²) >= 11 is 1.72. The molecule has 0 N–H and O–H groups in total. The number of hydrogen-bond acceptors (Lipinski definition) is 2. The van der Waals surface area contributed by atoms with E-state index in [4.69, 9.17) is 0 Å². The molecule has 0 unspecified atom stereocenters. The zero-order chi connectivity index (χ0) is 17.8. The van der Waals surface area contributed by atoms with Crippen LogP contribution in [0.5, 0.6) is 0 Å². The van der Waals surface area contributed by atoms with Crippen LogP contribution in [0.2, 0.25) is 0 Å². The summed E-state index contributed by atoms with van der Waals surface area (Å²) in [5, 5.41) is 7.45. The fourth-order valence-corrected chi connectivity index (χ4v) is 5.96. The molecule has 0 aliphatic carbocycles. The predicted molar refractivity (Wildman–Crippen MR) is 115 cm³/mol. The molecule has 128 valence electrons. The van der Waals surface area contributed by atoms with Gasteiger partial charge in [0.2, 0.25) is 0 Å². The molecule has 0 spiro atoms. The van der Waals surface area contributed by atoms with Gasteiger partial charge in [0.1, 0.15) is 0 Å². The van der Waals surface area contributed by atoms with Crippen molar-refractivity contribution in [1.29, 1.82) is 0 Å². The molecule has 0 saturated heterocycles. The van der Waals surface area contributed by atoms with Gasteiger partial charge in [-0.15, -0.1) is 11.3 Å². The first-order chi connectivity index (χ1) is 12.8. The summed E-state index contributed by atoms with van der Waals surface area (Å²) in [4.78, 5) is 4.58. The summed E-state index contributed by atoms with van der Waals surface area (Å²) in [5.41, 5.74) is 2.48. The first-order valence-electron chi connectivity index (χ1n) is 8.70. The molecule has 1 aromatic heterocycles. The van der Waals surface area contributed by atoms with Gasteiger partial charge in [-0.3, -0.25) is 0 Å². The van der Waals surface area contributed by atoms with E-state index in [-0.39, 0.29) is 0 Å². The minimum Gasteiger partial charge on any atom is -0.246 e. The van der Waals surface area contributed by atoms with Gasteiger partial charge >= 0.3 is 0 Å². The normalized spacial score (nSPS) is 11.0. The smallest absolute Gasteiger partial charge is 0.0897 e. The number of rotatable bonds is 5. The Morgan fingerprint density at radius 1 is 0.731 bits per heavy atom. The Morgan fingerprint density at radius 2 is 1.27 bits per heavy atom. The second-order valence-corrected chi connectivity index (χ2v) is 9.49. The second-order valence-electron chi connectivity index (χ2n) is 6.21. The Balaban J connectivity index is 1.66. The average Bonchev–Trinajstić information content (AvgIpc) is 3.10. The van der Waals surface area contributed by atoms with Crippen LogP contribution in [0, 0.1) is 6.92 Å². The molecule has 3 aromatic carbocycles. The van der Waals surface area contributed by atoms with Gasteiger partial charge in [0, 0.05) is 11.8 Å². The molecular weight excluding hydrogens is 353 g/mol. The van der Waals surface area contributed by atoms with E-state index in [0.717, 1.165) is 17.1 Å². The van der Waals surface area contributed by atoms with Crippen LogP contribution >= 0.6 is 19.3 Å². The van der Waals surface area contributed by atoms with Gasteiger partial charge in [-0.25, -0.2) is 4.98 Å². The maximum Gasteiger partial charge on any atom is 0.0897 e. The number of aromatic nitrogens is 1. The van der Waals surface area contributed by atoms with Gasteiger partial charge in [0.25, 0.3) is 0 Å². The maximum absolute atomic E-state index is 4.58. The highest BCUT2D eigenvalue weighted by atomic mass is 32.1. The lowest BCUT2D eigenvalue weighted by atomic mass is 10.1. The summed E-state index contributed by atoms with van der Waals surface area (Å²) in [7, 11) is -0.527. The lowest BCUT2D eigenvalue weighted by molar-refractivity contribution is 1.08. The van der Waals surface area contributed by atoms with E-state index in [1.807, 2.05) is 0 Å². The van der Waals surface area contributed by atoms with Gasteiger partial charge in [0.05, 0.1) is 10.7 Å². The van der Waals surface area contributed by atoms with E-state index >= 15 is 0 Å². The third-order valence-electron chi connectivity index (χ3n) is 4.28. The van der Waals surface area contributed by atoms with Crippen molar-refractivity contribution < 1.29 is 0 Å². The van der Waals surface area contributed by atoms with Gasteiger partial charge < -0.3 is 0 Å². The fourth-order valence-electron chi connectivity index (χ4n) is 3.06. The van der Waals surface area contributed by atoms with Crippen LogP contribution in [-0.4, -0.2) is 4.98 Å². The lowest BCUT2D eigenvalue weighted by Gasteiger charge is -2.19. The molecule has 0 aliphatic rings. The molecule has 0 saturated carbocycles. The summed E-state index contributed by atoms with van der Waals surface area (Å²) in [5.74, 6) is 0. The van der Waals surface area contributed by atoms with Crippen LogP contribution < -0.4 is 15.9 Å². The average molecular weight is 373 g/mol. The molecular formula is C23H20NPS. The summed E-state index contributed by atoms with van der Waals surface area (Å²) in [6.45, 7) is 2.06. The van der Waals surface area contributed by atoms with Crippen molar-refractivity contribution in [3.05, 3.63) is 107 Å². The van der Waals surface area contributed by atoms with Crippen LogP contribution in [0.25, 0.3) is 0 Å². The molecule has 3 heteroatoms. The van der Waals surface area contributed by atoms with Crippen molar-refractivity contribution in [3.63, 3.8) is 0 Å². The van der Waals surface area contributed by atoms with E-state index in [2.05, 4.69) is 102 Å². The highest BCUT2D eigenvalue weighted by molar-refractivity contribution is 7.79. The lowest BCUT2D eigenvalue weighted by Crippen LogP contribution is -2.20. The van der Waals surface area contributed by atoms with Crippen molar-refractivity contribution in [3.8, 4) is 0 Å². The SMILES string of the molecule is Cc1nc(Cc2ccc(P(c3ccccc3)c3ccccc3)cc2)cs1. The molecule has 0 amide bonds. The minimum absolute atomic E-state index is 0.527. The largest absolute Gasteiger partial charge is 0.246 e. The van der Waals surface area contributed by atoms with Gasteiger partial charge in [-0.2, -0.15) is 0 Å². The number of nitrogens with zero attached hydrogens (tertiary/aromatic N) is 1. The Labute approximate surface area is 160 Å². The molecule has 0 radical (unpaired) electrons. The second kappa shape index (κ2) is 7.95. The molecule has 0 fully saturated rings. The number of thiazole rings is 1. The third kappa shape index (κ3) is 3.93. The van der Waals surface area contributed by atoms with E-state index < -0.39 is 7.92 Å². The van der Waals surface area contributed by atoms with E-state index in [9.17, 15) is 0 Å². The van der Waals surface area contributed by atoms with Crippen molar-refractivity contribution in [2.45, 2.75) is 13.3 Å². The maximum atomic E-state index is 4.58. The van der Waals surface area contributed by atoms with Crippen LogP contribution in [0.4, 0.5) is 0 Å². The van der Waals surface area contributed by atoms with Crippen molar-refractivity contribution >= 4 is 35.2 Å². The summed E-state index contributed by atoms with van der Waals surface area (Å²) in [6, 6.07) is 30.8. The quantitative estimate of drug-likeness (QED) is 0.458. The number of hydrogen-bond donors (Lipinski definition) is 0. The molecule has 4 rings (SSSR count). The molecule has 4 aromatic rings. The number of benzene rings is 3. The monoisotopic (exact) mass is 373 g/mol. The van der Waals surface area contributed by atoms with Gasteiger partial charge in [-0.05, 0) is 36.3 Å². The van der Waals surface area contributed by atoms with Gasteiger partial charge in [0.15, 0.2) is 0 Å². The molecule has 1 nitrogen and oxygen atoms in total. The third-order valence-corrected chi connectivity index (χ3v) is 7.54. The standard InChI is InChI=1S/C23H20NPS/c1-18-24-20(17-26-18)16-19-12-14-23(15-13-19)25(21-8-4-2-5-9-21)22-10-6-3-7-11-22/h2-15,17H,16H2,1H3. The Hall–Kier alpha value is -2.28. The Bertz CT molecular complexity index is 923. The zero-order valence-corrected chi connectivity index (χ0v) is 16.4. The van der Waals surface area contributed by atoms with Crippen molar-refractivity contribution in [2.24, 2.45) is 0 Å². The minimum atomic E-state index is -0.527. The van der Waals surface area contributed by atoms with E-state index in [1.165, 1.54) is 21.5 Å². The highest BCUT2D eigenvalue weighted by Gasteiger charge is 2.15. The van der Waals surface area contributed by atoms with Crippen molar-refractivity contribution in [1.82, 2.24) is 4.98 Å². The highest BCUT2D eigenvalue weighted by Crippen LogP contribution is 2.32. The van der Waals surface area contributed by atoms with Gasteiger partial charge in [-0.1, -0.05) is 84.9 Å². The summed E-state index contributed by atoms with van der Waals surface area (Å²) < 4.78 is 0. The first kappa shape index (κ1) is 17.1. The number of aryl methyl sites for hydroxylation is 1. The Kier molecular flexibility index (Phi) is 5.24. The van der Waals surface area contributed by atoms with Crippen molar-refractivity contribution in [2.75, 3.05) is 0 Å². The van der Waals surface area contributed by atoms with Crippen LogP contribution in [0.1, 0.15) is 16.3 Å². The Morgan fingerprint density at radius 3 is 1.77 bits per heavy atom. The topological polar surface area (TPSA) is 12.9 Å². The van der Waals surface area contributed by atoms with Crippen LogP contribution in [0.15, 0.2) is 90.3 Å². The zero-order valence-electron chi connectivity index (χ0n) is 14.7. The van der Waals surface area contributed by atoms with Crippen LogP contribution in [0.3, 0.4) is 0 Å². The molecule has 0 bridgehead atoms. The fraction of sp³-hybridized carbons (Fsp3) is 0.0870. The summed E-state index contributed by atoms with van der Waals surface area (Å²) in [6.07, 6.45) is 0.902. The molecule has 0 atom stereocenters. The predicted octanol–water partition coefficient (Wildman–Crippen LogP) is 4.80. The molecule has 0 aliphatic heterocycles. The molecule has 1 heterocycles.